The number of hydrogen-bond acceptors (Lipinski definition) is 8. The maximum Gasteiger partial charge on any atom is 0.322 e. The van der Waals surface area contributed by atoms with Crippen LogP contribution in [0.25, 0.3) is 5.65 Å². The molecule has 4 rings (SSSR count). The number of ether oxygens (including phenoxy) is 1. The van der Waals surface area contributed by atoms with Gasteiger partial charge in [0.15, 0.2) is 5.65 Å². The van der Waals surface area contributed by atoms with Crippen LogP contribution in [0.1, 0.15) is 56.7 Å². The van der Waals surface area contributed by atoms with Crippen LogP contribution in [0.15, 0.2) is 30.5 Å². The lowest BCUT2D eigenvalue weighted by atomic mass is 10.1. The van der Waals surface area contributed by atoms with Crippen LogP contribution < -0.4 is 20.1 Å². The molecule has 0 aliphatic carbocycles. The van der Waals surface area contributed by atoms with Gasteiger partial charge in [-0.1, -0.05) is 32.0 Å². The van der Waals surface area contributed by atoms with Gasteiger partial charge in [0.05, 0.1) is 24.2 Å². The molecule has 33 heavy (non-hydrogen) atoms. The maximum atomic E-state index is 11.8. The molecule has 0 amide bonds. The third-order valence-electron chi connectivity index (χ3n) is 5.59. The summed E-state index contributed by atoms with van der Waals surface area (Å²) in [6, 6.07) is 7.29. The van der Waals surface area contributed by atoms with E-state index in [0.717, 1.165) is 43.3 Å². The van der Waals surface area contributed by atoms with Gasteiger partial charge in [0.1, 0.15) is 6.10 Å². The molecule has 3 heterocycles. The fraction of sp³-hybridized carbons (Fsp3) is 0.500. The van der Waals surface area contributed by atoms with Gasteiger partial charge in [0, 0.05) is 12.1 Å². The summed E-state index contributed by atoms with van der Waals surface area (Å²) < 4.78 is 34.0. The smallest absolute Gasteiger partial charge is 0.322 e. The second-order valence-corrected chi connectivity index (χ2v) is 10.5. The minimum atomic E-state index is -3.42. The van der Waals surface area contributed by atoms with E-state index in [1.54, 1.807) is 22.8 Å². The first kappa shape index (κ1) is 23.2. The van der Waals surface area contributed by atoms with Crippen LogP contribution in [0.2, 0.25) is 0 Å². The molecule has 1 saturated heterocycles. The summed E-state index contributed by atoms with van der Waals surface area (Å²) in [6.07, 6.45) is 4.94. The van der Waals surface area contributed by atoms with Gasteiger partial charge in [-0.2, -0.15) is 19.6 Å². The van der Waals surface area contributed by atoms with E-state index in [1.807, 2.05) is 19.1 Å². The number of aromatic nitrogens is 4. The van der Waals surface area contributed by atoms with Gasteiger partial charge in [-0.25, -0.2) is 8.42 Å². The molecule has 0 radical (unpaired) electrons. The number of hydrogen-bond donors (Lipinski definition) is 3. The normalized spacial score (nSPS) is 17.8. The highest BCUT2D eigenvalue weighted by molar-refractivity contribution is 7.92. The van der Waals surface area contributed by atoms with E-state index in [0.29, 0.717) is 23.3 Å². The molecule has 178 valence electrons. The number of piperidine rings is 1. The molecule has 3 aromatic rings. The minimum absolute atomic E-state index is 0.0107. The quantitative estimate of drug-likeness (QED) is 0.456. The molecule has 10 nitrogen and oxygen atoms in total. The molecule has 2 atom stereocenters. The molecule has 1 unspecified atom stereocenters. The predicted octanol–water partition coefficient (Wildman–Crippen LogP) is 2.92. The first-order valence-corrected chi connectivity index (χ1v) is 13.1. The first-order chi connectivity index (χ1) is 15.7. The third kappa shape index (κ3) is 5.53. The van der Waals surface area contributed by atoms with Gasteiger partial charge in [-0.3, -0.25) is 4.72 Å². The lowest BCUT2D eigenvalue weighted by Gasteiger charge is -2.23. The van der Waals surface area contributed by atoms with Crippen LogP contribution in [0, 0.1) is 0 Å². The fourth-order valence-corrected chi connectivity index (χ4v) is 4.52. The van der Waals surface area contributed by atoms with E-state index >= 15 is 0 Å². The first-order valence-electron chi connectivity index (χ1n) is 11.2. The van der Waals surface area contributed by atoms with E-state index in [1.165, 1.54) is 0 Å². The van der Waals surface area contributed by atoms with Gasteiger partial charge in [-0.05, 0) is 43.9 Å². The Balaban J connectivity index is 1.69. The van der Waals surface area contributed by atoms with E-state index < -0.39 is 10.0 Å². The summed E-state index contributed by atoms with van der Waals surface area (Å²) in [4.78, 5) is 9.29. The lowest BCUT2D eigenvalue weighted by Crippen LogP contribution is -2.37. The average molecular weight is 474 g/mol. The van der Waals surface area contributed by atoms with Crippen molar-refractivity contribution in [1.82, 2.24) is 24.9 Å². The summed E-state index contributed by atoms with van der Waals surface area (Å²) >= 11 is 0. The predicted molar refractivity (Wildman–Crippen MR) is 128 cm³/mol. The van der Waals surface area contributed by atoms with Crippen LogP contribution in [-0.2, 0) is 10.0 Å². The topological polar surface area (TPSA) is 123 Å². The zero-order chi connectivity index (χ0) is 23.6. The number of fused-ring (bicyclic) bond motifs is 1. The highest BCUT2D eigenvalue weighted by Gasteiger charge is 2.21. The molecular weight excluding hydrogens is 442 g/mol. The van der Waals surface area contributed by atoms with Crippen LogP contribution in [-0.4, -0.2) is 53.4 Å². The summed E-state index contributed by atoms with van der Waals surface area (Å²) in [5.41, 5.74) is 2.98. The van der Waals surface area contributed by atoms with Crippen molar-refractivity contribution < 1.29 is 13.2 Å². The highest BCUT2D eigenvalue weighted by atomic mass is 32.2. The van der Waals surface area contributed by atoms with Crippen molar-refractivity contribution in [2.75, 3.05) is 29.4 Å². The zero-order valence-corrected chi connectivity index (χ0v) is 20.2. The maximum absolute atomic E-state index is 11.8. The monoisotopic (exact) mass is 473 g/mol. The van der Waals surface area contributed by atoms with E-state index in [9.17, 15) is 8.42 Å². The van der Waals surface area contributed by atoms with E-state index in [-0.39, 0.29) is 18.1 Å². The van der Waals surface area contributed by atoms with Crippen LogP contribution >= 0.6 is 0 Å². The highest BCUT2D eigenvalue weighted by Crippen LogP contribution is 2.28. The number of sulfonamides is 1. The van der Waals surface area contributed by atoms with Crippen molar-refractivity contribution in [3.05, 3.63) is 41.6 Å². The Morgan fingerprint density at radius 1 is 1.18 bits per heavy atom. The molecule has 0 saturated carbocycles. The van der Waals surface area contributed by atoms with Gasteiger partial charge in [0.25, 0.3) is 0 Å². The Morgan fingerprint density at radius 2 is 1.97 bits per heavy atom. The fourth-order valence-electron chi connectivity index (χ4n) is 3.94. The number of nitrogens with zero attached hydrogens (tertiary/aromatic N) is 4. The number of benzene rings is 1. The Morgan fingerprint density at radius 3 is 2.67 bits per heavy atom. The standard InChI is InChI=1S/C22H31N7O3S/c1-14(2)18-13-24-29-20(18)26-22(32-16-8-7-11-23-12-16)27-21(29)25-15(3)17-9-5-6-10-19(17)28-33(4,30)31/h5-6,9-10,13-16,23,28H,7-8,11-12H2,1-4H3,(H,25,26,27)/t15?,16-/m1/s1. The van der Waals surface area contributed by atoms with Gasteiger partial charge < -0.3 is 15.4 Å². The zero-order valence-electron chi connectivity index (χ0n) is 19.4. The van der Waals surface area contributed by atoms with Crippen LogP contribution in [0.5, 0.6) is 6.01 Å². The van der Waals surface area contributed by atoms with Crippen molar-refractivity contribution in [3.63, 3.8) is 0 Å². The molecule has 1 aromatic carbocycles. The van der Waals surface area contributed by atoms with Gasteiger partial charge >= 0.3 is 6.01 Å². The Bertz CT molecular complexity index is 1220. The molecule has 0 spiro atoms. The van der Waals surface area contributed by atoms with Crippen LogP contribution in [0.3, 0.4) is 0 Å². The van der Waals surface area contributed by atoms with Crippen molar-refractivity contribution >= 4 is 27.3 Å². The van der Waals surface area contributed by atoms with Crippen LogP contribution in [0.4, 0.5) is 11.6 Å². The van der Waals surface area contributed by atoms with Crippen molar-refractivity contribution in [2.24, 2.45) is 0 Å². The largest absolute Gasteiger partial charge is 0.459 e. The summed E-state index contributed by atoms with van der Waals surface area (Å²) in [5.74, 6) is 0.707. The SMILES string of the molecule is CC(C)c1cnn2c(NC(C)c3ccccc3NS(C)(=O)=O)nc(O[C@@H]3CCCNC3)nc12. The molecule has 1 fully saturated rings. The minimum Gasteiger partial charge on any atom is -0.459 e. The summed E-state index contributed by atoms with van der Waals surface area (Å²) in [5, 5.41) is 11.2. The number of anilines is 2. The summed E-state index contributed by atoms with van der Waals surface area (Å²) in [6.45, 7) is 7.87. The Labute approximate surface area is 194 Å². The molecule has 1 aliphatic rings. The van der Waals surface area contributed by atoms with Crippen molar-refractivity contribution in [1.29, 1.82) is 0 Å². The number of para-hydroxylation sites is 1. The second-order valence-electron chi connectivity index (χ2n) is 8.73. The second kappa shape index (κ2) is 9.52. The average Bonchev–Trinajstić information content (AvgIpc) is 3.18. The van der Waals surface area contributed by atoms with E-state index in [2.05, 4.69) is 44.3 Å². The molecule has 2 aromatic heterocycles. The molecule has 0 bridgehead atoms. The number of rotatable bonds is 8. The van der Waals surface area contributed by atoms with Crippen molar-refractivity contribution in [3.8, 4) is 6.01 Å². The lowest BCUT2D eigenvalue weighted by molar-refractivity contribution is 0.153. The van der Waals surface area contributed by atoms with Gasteiger partial charge in [0.2, 0.25) is 16.0 Å². The molecule has 1 aliphatic heterocycles. The Kier molecular flexibility index (Phi) is 6.71. The third-order valence-corrected chi connectivity index (χ3v) is 6.18. The van der Waals surface area contributed by atoms with Gasteiger partial charge in [-0.15, -0.1) is 0 Å². The van der Waals surface area contributed by atoms with E-state index in [4.69, 9.17) is 4.74 Å². The number of nitrogens with one attached hydrogen (secondary N) is 3. The van der Waals surface area contributed by atoms with Crippen molar-refractivity contribution in [2.45, 2.75) is 51.7 Å². The Hall–Kier alpha value is -2.92. The molecule has 3 N–H and O–H groups in total. The molecule has 11 heteroatoms. The summed E-state index contributed by atoms with van der Waals surface area (Å²) in [7, 11) is -3.42. The molecular formula is C22H31N7O3S.